The van der Waals surface area contributed by atoms with Crippen molar-refractivity contribution in [3.8, 4) is 34.5 Å². The lowest BCUT2D eigenvalue weighted by Gasteiger charge is -2.25. The number of aliphatic hydroxyl groups is 1. The first-order chi connectivity index (χ1) is 10.4. The molecule has 0 spiro atoms. The third-order valence-corrected chi connectivity index (χ3v) is 3.29. The van der Waals surface area contributed by atoms with Crippen LogP contribution in [-0.2, 0) is 0 Å². The molecule has 1 aliphatic rings. The van der Waals surface area contributed by atoms with Gasteiger partial charge in [-0.3, -0.25) is 0 Å². The fourth-order valence-corrected chi connectivity index (χ4v) is 2.28. The average Bonchev–Trinajstić information content (AvgIpc) is 2.43. The van der Waals surface area contributed by atoms with E-state index in [0.717, 1.165) is 18.2 Å². The molecule has 22 heavy (non-hydrogen) atoms. The van der Waals surface area contributed by atoms with E-state index >= 15 is 0 Å². The Morgan fingerprint density at radius 3 is 2.05 bits per heavy atom. The Morgan fingerprint density at radius 1 is 0.773 bits per heavy atom. The first kappa shape index (κ1) is 13.7. The molecule has 1 unspecified atom stereocenters. The van der Waals surface area contributed by atoms with E-state index in [2.05, 4.69) is 0 Å². The van der Waals surface area contributed by atoms with Gasteiger partial charge >= 0.3 is 0 Å². The molecule has 0 aromatic heterocycles. The van der Waals surface area contributed by atoms with Gasteiger partial charge in [0.05, 0.1) is 0 Å². The van der Waals surface area contributed by atoms with Crippen LogP contribution >= 0.6 is 0 Å². The van der Waals surface area contributed by atoms with Gasteiger partial charge in [-0.25, -0.2) is 0 Å². The van der Waals surface area contributed by atoms with Crippen molar-refractivity contribution < 1.29 is 35.4 Å². The molecule has 7 nitrogen and oxygen atoms in total. The highest BCUT2D eigenvalue weighted by Gasteiger charge is 2.28. The van der Waals surface area contributed by atoms with Gasteiger partial charge in [-0.15, -0.1) is 0 Å². The van der Waals surface area contributed by atoms with Crippen molar-refractivity contribution in [2.75, 3.05) is 0 Å². The number of rotatable bonds is 1. The molecule has 1 heterocycles. The number of hydrogen-bond donors (Lipinski definition) is 6. The van der Waals surface area contributed by atoms with Gasteiger partial charge in [0.1, 0.15) is 11.5 Å². The molecular formula is C15H12O7. The second-order valence-corrected chi connectivity index (χ2v) is 4.86. The molecular weight excluding hydrogens is 292 g/mol. The summed E-state index contributed by atoms with van der Waals surface area (Å²) in [5, 5.41) is 57.7. The zero-order valence-electron chi connectivity index (χ0n) is 11.1. The van der Waals surface area contributed by atoms with Crippen LogP contribution in [0.5, 0.6) is 34.5 Å². The van der Waals surface area contributed by atoms with Crippen LogP contribution < -0.4 is 4.74 Å². The molecule has 1 aliphatic heterocycles. The Balaban J connectivity index is 2.09. The third-order valence-electron chi connectivity index (χ3n) is 3.29. The number of phenolic OH excluding ortho intramolecular Hbond substituents is 5. The summed E-state index contributed by atoms with van der Waals surface area (Å²) in [5.74, 6) is -2.58. The minimum Gasteiger partial charge on any atom is -0.508 e. The van der Waals surface area contributed by atoms with Crippen LogP contribution in [-0.4, -0.2) is 30.6 Å². The summed E-state index contributed by atoms with van der Waals surface area (Å²) in [5.41, 5.74) is 0.443. The van der Waals surface area contributed by atoms with Crippen molar-refractivity contribution in [3.05, 3.63) is 41.2 Å². The number of aliphatic hydroxyl groups excluding tert-OH is 1. The molecule has 1 atom stereocenters. The van der Waals surface area contributed by atoms with Gasteiger partial charge in [0.15, 0.2) is 34.9 Å². The summed E-state index contributed by atoms with van der Waals surface area (Å²) in [6.45, 7) is 0. The zero-order chi connectivity index (χ0) is 16.0. The van der Waals surface area contributed by atoms with E-state index in [1.807, 2.05) is 0 Å². The molecule has 2 aromatic rings. The van der Waals surface area contributed by atoms with Crippen LogP contribution in [0.25, 0.3) is 6.08 Å². The number of benzene rings is 2. The van der Waals surface area contributed by atoms with Crippen molar-refractivity contribution in [3.63, 3.8) is 0 Å². The second-order valence-electron chi connectivity index (χ2n) is 4.86. The highest BCUT2D eigenvalue weighted by atomic mass is 16.5. The van der Waals surface area contributed by atoms with E-state index in [9.17, 15) is 30.6 Å². The quantitative estimate of drug-likeness (QED) is 0.445. The summed E-state index contributed by atoms with van der Waals surface area (Å²) >= 11 is 0. The first-order valence-electron chi connectivity index (χ1n) is 6.25. The molecule has 0 saturated heterocycles. The number of fused-ring (bicyclic) bond motifs is 1. The van der Waals surface area contributed by atoms with E-state index in [-0.39, 0.29) is 34.1 Å². The molecule has 0 aliphatic carbocycles. The van der Waals surface area contributed by atoms with Crippen molar-refractivity contribution in [2.45, 2.75) is 6.10 Å². The molecule has 0 saturated carbocycles. The van der Waals surface area contributed by atoms with Crippen LogP contribution in [0.15, 0.2) is 30.0 Å². The fourth-order valence-electron chi connectivity index (χ4n) is 2.28. The summed E-state index contributed by atoms with van der Waals surface area (Å²) < 4.78 is 5.48. The number of ether oxygens (including phenoxy) is 1. The van der Waals surface area contributed by atoms with E-state index in [4.69, 9.17) is 4.74 Å². The Hall–Kier alpha value is -3.22. The number of phenols is 5. The minimum atomic E-state index is -1.10. The molecule has 114 valence electrons. The van der Waals surface area contributed by atoms with Crippen molar-refractivity contribution >= 4 is 6.08 Å². The molecule has 7 heteroatoms. The maximum Gasteiger partial charge on any atom is 0.200 e. The molecule has 0 fully saturated rings. The number of aromatic hydroxyl groups is 5. The molecule has 6 N–H and O–H groups in total. The first-order valence-corrected chi connectivity index (χ1v) is 6.25. The zero-order valence-corrected chi connectivity index (χ0v) is 11.1. The summed E-state index contributed by atoms with van der Waals surface area (Å²) in [7, 11) is 0. The van der Waals surface area contributed by atoms with E-state index < -0.39 is 23.4 Å². The van der Waals surface area contributed by atoms with Crippen molar-refractivity contribution in [1.29, 1.82) is 0 Å². The van der Waals surface area contributed by atoms with Gasteiger partial charge in [-0.1, -0.05) is 0 Å². The highest BCUT2D eigenvalue weighted by molar-refractivity contribution is 5.68. The van der Waals surface area contributed by atoms with Gasteiger partial charge in [-0.05, 0) is 24.3 Å². The fraction of sp³-hybridized carbons (Fsp3) is 0.0667. The second kappa shape index (κ2) is 4.66. The van der Waals surface area contributed by atoms with Gasteiger partial charge in [-0.2, -0.15) is 0 Å². The molecule has 0 bridgehead atoms. The molecule has 0 radical (unpaired) electrons. The maximum absolute atomic E-state index is 10.0. The Kier molecular flexibility index (Phi) is 2.91. The Bertz CT molecular complexity index is 772. The third kappa shape index (κ3) is 2.08. The van der Waals surface area contributed by atoms with E-state index in [0.29, 0.717) is 0 Å². The lowest BCUT2D eigenvalue weighted by atomic mass is 10.0. The number of hydrogen-bond acceptors (Lipinski definition) is 7. The summed E-state index contributed by atoms with van der Waals surface area (Å²) in [6.07, 6.45) is 0.185. The topological polar surface area (TPSA) is 131 Å². The van der Waals surface area contributed by atoms with E-state index in [1.165, 1.54) is 12.1 Å². The van der Waals surface area contributed by atoms with Crippen LogP contribution in [0.3, 0.4) is 0 Å². The van der Waals surface area contributed by atoms with Gasteiger partial charge in [0.25, 0.3) is 0 Å². The lowest BCUT2D eigenvalue weighted by molar-refractivity contribution is 0.168. The van der Waals surface area contributed by atoms with Crippen molar-refractivity contribution in [1.82, 2.24) is 0 Å². The largest absolute Gasteiger partial charge is 0.508 e. The predicted octanol–water partition coefficient (Wildman–Crippen LogP) is 2.25. The van der Waals surface area contributed by atoms with Crippen LogP contribution in [0.2, 0.25) is 0 Å². The SMILES string of the molecule is OC1=Cc2cc(O)cc(O)c2OC1c1cc(O)c(O)c(O)c1. The van der Waals surface area contributed by atoms with Crippen LogP contribution in [0.1, 0.15) is 17.2 Å². The predicted molar refractivity (Wildman–Crippen MR) is 75.2 cm³/mol. The summed E-state index contributed by atoms with van der Waals surface area (Å²) in [4.78, 5) is 0. The standard InChI is InChI=1S/C15H12O7/c16-8-1-6-4-11(19)15(22-14(6)12(20)5-8)7-2-9(17)13(21)10(18)3-7/h1-5,15-21H. The molecule has 2 aromatic carbocycles. The minimum absolute atomic E-state index is 0.0349. The Morgan fingerprint density at radius 2 is 1.41 bits per heavy atom. The smallest absolute Gasteiger partial charge is 0.200 e. The van der Waals surface area contributed by atoms with Gasteiger partial charge in [0, 0.05) is 17.2 Å². The normalized spacial score (nSPS) is 16.5. The van der Waals surface area contributed by atoms with Gasteiger partial charge in [0.2, 0.25) is 0 Å². The summed E-state index contributed by atoms with van der Waals surface area (Å²) in [6, 6.07) is 4.61. The maximum atomic E-state index is 10.0. The van der Waals surface area contributed by atoms with Crippen LogP contribution in [0.4, 0.5) is 0 Å². The Labute approximate surface area is 124 Å². The lowest BCUT2D eigenvalue weighted by Crippen LogP contribution is -2.14. The molecule has 0 amide bonds. The van der Waals surface area contributed by atoms with Gasteiger partial charge < -0.3 is 35.4 Å². The van der Waals surface area contributed by atoms with Crippen LogP contribution in [0, 0.1) is 0 Å². The average molecular weight is 304 g/mol. The monoisotopic (exact) mass is 304 g/mol. The highest BCUT2D eigenvalue weighted by Crippen LogP contribution is 2.45. The van der Waals surface area contributed by atoms with E-state index in [1.54, 1.807) is 0 Å². The van der Waals surface area contributed by atoms with Crippen molar-refractivity contribution in [2.24, 2.45) is 0 Å². The molecule has 3 rings (SSSR count).